The highest BCUT2D eigenvalue weighted by molar-refractivity contribution is 6.30. The van der Waals surface area contributed by atoms with Crippen LogP contribution in [0.3, 0.4) is 0 Å². The number of carbonyl (C=O) groups excluding carboxylic acids is 1. The Hall–Kier alpha value is -1.55. The van der Waals surface area contributed by atoms with E-state index in [1.54, 1.807) is 6.92 Å². The van der Waals surface area contributed by atoms with E-state index in [0.717, 1.165) is 30.7 Å². The van der Waals surface area contributed by atoms with Crippen LogP contribution in [0, 0.1) is 0 Å². The van der Waals surface area contributed by atoms with Crippen molar-refractivity contribution < 1.29 is 4.79 Å². The zero-order valence-corrected chi connectivity index (χ0v) is 17.3. The third-order valence-corrected chi connectivity index (χ3v) is 6.02. The van der Waals surface area contributed by atoms with Gasteiger partial charge in [-0.2, -0.15) is 0 Å². The molecule has 0 bridgehead atoms. The molecule has 1 amide bonds. The van der Waals surface area contributed by atoms with Crippen LogP contribution in [-0.4, -0.2) is 23.4 Å². The van der Waals surface area contributed by atoms with Gasteiger partial charge in [0.1, 0.15) is 0 Å². The van der Waals surface area contributed by atoms with Crippen LogP contribution in [0.2, 0.25) is 5.02 Å². The van der Waals surface area contributed by atoms with Crippen LogP contribution in [0.25, 0.3) is 0 Å². The maximum atomic E-state index is 12.3. The van der Waals surface area contributed by atoms with E-state index in [-0.39, 0.29) is 29.8 Å². The molecule has 2 N–H and O–H groups in total. The first kappa shape index (κ1) is 21.7. The van der Waals surface area contributed by atoms with Crippen LogP contribution in [0.15, 0.2) is 54.6 Å². The Kier molecular flexibility index (Phi) is 7.72. The normalized spacial score (nSPS) is 22.0. The van der Waals surface area contributed by atoms with E-state index < -0.39 is 0 Å². The number of hydrogen-bond donors (Lipinski definition) is 1. The van der Waals surface area contributed by atoms with Gasteiger partial charge >= 0.3 is 0 Å². The highest BCUT2D eigenvalue weighted by Crippen LogP contribution is 2.41. The monoisotopic (exact) mass is 406 g/mol. The van der Waals surface area contributed by atoms with E-state index in [2.05, 4.69) is 18.2 Å². The Bertz CT molecular complexity index is 743. The maximum Gasteiger partial charge on any atom is 0.219 e. The first-order valence-corrected chi connectivity index (χ1v) is 9.69. The Morgan fingerprint density at radius 3 is 2.37 bits per heavy atom. The van der Waals surface area contributed by atoms with Gasteiger partial charge in [-0.1, -0.05) is 54.1 Å². The number of hydrogen-bond acceptors (Lipinski definition) is 2. The van der Waals surface area contributed by atoms with Crippen LogP contribution in [-0.2, 0) is 16.8 Å². The highest BCUT2D eigenvalue weighted by Gasteiger charge is 2.38. The molecule has 1 saturated carbocycles. The standard InChI is InChI=1S/C22H27ClN2O.ClH/c1-17(26)25(15-18-6-3-2-4-7-18)21-10-12-22(16-24,13-11-21)19-8-5-9-20(23)14-19;/h2-9,14,21H,10-13,15-16,24H2,1H3;1H/t21-,22-;. The Morgan fingerprint density at radius 2 is 1.81 bits per heavy atom. The largest absolute Gasteiger partial charge is 0.336 e. The molecule has 0 heterocycles. The second-order valence-corrected chi connectivity index (χ2v) is 7.79. The fraction of sp³-hybridized carbons (Fsp3) is 0.409. The summed E-state index contributed by atoms with van der Waals surface area (Å²) in [6.07, 6.45) is 3.90. The Balaban J connectivity index is 0.00000261. The molecule has 0 unspecified atom stereocenters. The summed E-state index contributed by atoms with van der Waals surface area (Å²) in [5.41, 5.74) is 8.57. The van der Waals surface area contributed by atoms with Crippen molar-refractivity contribution in [2.45, 2.75) is 50.6 Å². The van der Waals surface area contributed by atoms with Crippen molar-refractivity contribution in [2.75, 3.05) is 6.54 Å². The van der Waals surface area contributed by atoms with Gasteiger partial charge in [-0.3, -0.25) is 4.79 Å². The smallest absolute Gasteiger partial charge is 0.219 e. The molecule has 3 rings (SSSR count). The predicted octanol–water partition coefficient (Wildman–Crippen LogP) is 4.95. The maximum absolute atomic E-state index is 12.3. The lowest BCUT2D eigenvalue weighted by Gasteiger charge is -2.43. The summed E-state index contributed by atoms with van der Waals surface area (Å²) < 4.78 is 0. The van der Waals surface area contributed by atoms with Gasteiger partial charge in [0.2, 0.25) is 5.91 Å². The number of carbonyl (C=O) groups is 1. The van der Waals surface area contributed by atoms with E-state index in [1.807, 2.05) is 41.3 Å². The van der Waals surface area contributed by atoms with Crippen LogP contribution < -0.4 is 5.73 Å². The molecule has 1 aliphatic rings. The molecular weight excluding hydrogens is 379 g/mol. The lowest BCUT2D eigenvalue weighted by atomic mass is 9.68. The summed E-state index contributed by atoms with van der Waals surface area (Å²) in [5, 5.41) is 0.756. The van der Waals surface area contributed by atoms with Crippen LogP contribution in [0.1, 0.15) is 43.7 Å². The SMILES string of the molecule is CC(=O)N(Cc1ccccc1)[C@H]1CC[C@](CN)(c2cccc(Cl)c2)CC1.Cl. The molecule has 1 aliphatic carbocycles. The lowest BCUT2D eigenvalue weighted by molar-refractivity contribution is -0.132. The summed E-state index contributed by atoms with van der Waals surface area (Å²) in [4.78, 5) is 14.3. The van der Waals surface area contributed by atoms with Crippen molar-refractivity contribution in [3.63, 3.8) is 0 Å². The molecule has 2 aromatic carbocycles. The van der Waals surface area contributed by atoms with Gasteiger partial charge in [-0.05, 0) is 48.9 Å². The summed E-state index contributed by atoms with van der Waals surface area (Å²) in [6.45, 7) is 2.96. The van der Waals surface area contributed by atoms with Gasteiger partial charge in [-0.25, -0.2) is 0 Å². The average molecular weight is 407 g/mol. The van der Waals surface area contributed by atoms with Gasteiger partial charge in [0, 0.05) is 36.5 Å². The molecule has 146 valence electrons. The third kappa shape index (κ3) is 5.04. The highest BCUT2D eigenvalue weighted by atomic mass is 35.5. The minimum Gasteiger partial charge on any atom is -0.336 e. The van der Waals surface area contributed by atoms with Crippen LogP contribution in [0.5, 0.6) is 0 Å². The van der Waals surface area contributed by atoms with Crippen LogP contribution >= 0.6 is 24.0 Å². The van der Waals surface area contributed by atoms with Gasteiger partial charge in [0.15, 0.2) is 0 Å². The number of nitrogens with two attached hydrogens (primary N) is 1. The van der Waals surface area contributed by atoms with Gasteiger partial charge < -0.3 is 10.6 Å². The predicted molar refractivity (Wildman–Crippen MR) is 114 cm³/mol. The molecule has 1 fully saturated rings. The van der Waals surface area contributed by atoms with E-state index >= 15 is 0 Å². The molecule has 0 radical (unpaired) electrons. The van der Waals surface area contributed by atoms with Crippen molar-refractivity contribution in [1.82, 2.24) is 4.90 Å². The third-order valence-electron chi connectivity index (χ3n) is 5.78. The lowest BCUT2D eigenvalue weighted by Crippen LogP contribution is -2.46. The van der Waals surface area contributed by atoms with E-state index in [1.165, 1.54) is 11.1 Å². The molecule has 0 aliphatic heterocycles. The van der Waals surface area contributed by atoms with Crippen molar-refractivity contribution in [3.8, 4) is 0 Å². The van der Waals surface area contributed by atoms with E-state index in [4.69, 9.17) is 17.3 Å². The number of amides is 1. The first-order valence-electron chi connectivity index (χ1n) is 9.31. The van der Waals surface area contributed by atoms with Gasteiger partial charge in [0.25, 0.3) is 0 Å². The van der Waals surface area contributed by atoms with Crippen molar-refractivity contribution in [1.29, 1.82) is 0 Å². The number of benzene rings is 2. The van der Waals surface area contributed by atoms with Crippen molar-refractivity contribution in [2.24, 2.45) is 5.73 Å². The summed E-state index contributed by atoms with van der Waals surface area (Å²) >= 11 is 6.20. The zero-order chi connectivity index (χ0) is 18.6. The molecule has 0 aromatic heterocycles. The van der Waals surface area contributed by atoms with E-state index in [0.29, 0.717) is 13.1 Å². The van der Waals surface area contributed by atoms with Gasteiger partial charge in [-0.15, -0.1) is 12.4 Å². The molecular formula is C22H28Cl2N2O. The number of halogens is 2. The average Bonchev–Trinajstić information content (AvgIpc) is 2.67. The van der Waals surface area contributed by atoms with E-state index in [9.17, 15) is 4.79 Å². The molecule has 27 heavy (non-hydrogen) atoms. The summed E-state index contributed by atoms with van der Waals surface area (Å²) in [6, 6.07) is 18.5. The minimum absolute atomic E-state index is 0. The molecule has 5 heteroatoms. The molecule has 0 atom stereocenters. The number of rotatable bonds is 5. The number of nitrogens with zero attached hydrogens (tertiary/aromatic N) is 1. The molecule has 0 spiro atoms. The quantitative estimate of drug-likeness (QED) is 0.762. The fourth-order valence-corrected chi connectivity index (χ4v) is 4.36. The van der Waals surface area contributed by atoms with Crippen LogP contribution in [0.4, 0.5) is 0 Å². The molecule has 0 saturated heterocycles. The summed E-state index contributed by atoms with van der Waals surface area (Å²) in [5.74, 6) is 0.141. The molecule has 3 nitrogen and oxygen atoms in total. The molecule has 2 aromatic rings. The summed E-state index contributed by atoms with van der Waals surface area (Å²) in [7, 11) is 0. The first-order chi connectivity index (χ1) is 12.5. The van der Waals surface area contributed by atoms with Crippen molar-refractivity contribution in [3.05, 3.63) is 70.7 Å². The Labute approximate surface area is 173 Å². The Morgan fingerprint density at radius 1 is 1.15 bits per heavy atom. The topological polar surface area (TPSA) is 46.3 Å². The zero-order valence-electron chi connectivity index (χ0n) is 15.7. The fourth-order valence-electron chi connectivity index (χ4n) is 4.17. The van der Waals surface area contributed by atoms with Crippen molar-refractivity contribution >= 4 is 29.9 Å². The second kappa shape index (κ2) is 9.59. The minimum atomic E-state index is -0.0311. The van der Waals surface area contributed by atoms with Gasteiger partial charge in [0.05, 0.1) is 0 Å². The second-order valence-electron chi connectivity index (χ2n) is 7.36.